The third-order valence-corrected chi connectivity index (χ3v) is 2.48. The van der Waals surface area contributed by atoms with Crippen molar-refractivity contribution in [2.75, 3.05) is 6.61 Å². The van der Waals surface area contributed by atoms with Crippen LogP contribution in [-0.4, -0.2) is 22.8 Å². The smallest absolute Gasteiger partial charge is 0.137 e. The molecule has 0 aliphatic heterocycles. The first-order valence-electron chi connectivity index (χ1n) is 6.01. The van der Waals surface area contributed by atoms with Crippen molar-refractivity contribution in [3.05, 3.63) is 24.0 Å². The normalized spacial score (nSPS) is 12.4. The minimum Gasteiger partial charge on any atom is -0.492 e. The molecular formula is C13H21NO2. The summed E-state index contributed by atoms with van der Waals surface area (Å²) in [6.45, 7) is 4.79. The maximum atomic E-state index is 9.48. The van der Waals surface area contributed by atoms with E-state index in [0.717, 1.165) is 43.6 Å². The van der Waals surface area contributed by atoms with Crippen LogP contribution in [0.3, 0.4) is 0 Å². The molecular weight excluding hydrogens is 202 g/mol. The summed E-state index contributed by atoms with van der Waals surface area (Å²) < 4.78 is 5.50. The lowest BCUT2D eigenvalue weighted by atomic mass is 10.1. The molecule has 0 saturated heterocycles. The van der Waals surface area contributed by atoms with Gasteiger partial charge in [-0.15, -0.1) is 0 Å². The Balaban J connectivity index is 2.46. The quantitative estimate of drug-likeness (QED) is 0.772. The summed E-state index contributed by atoms with van der Waals surface area (Å²) in [5, 5.41) is 9.48. The Bertz CT molecular complexity index is 302. The summed E-state index contributed by atoms with van der Waals surface area (Å²) in [5.41, 5.74) is 1.13. The highest BCUT2D eigenvalue weighted by Gasteiger charge is 2.03. The topological polar surface area (TPSA) is 42.4 Å². The standard InChI is InChI=1S/C13H21NO2/c1-3-7-16-13-8-11(9-14-10-13)5-6-12(15)4-2/h8-10,12,15H,3-7H2,1-2H3. The van der Waals surface area contributed by atoms with Gasteiger partial charge in [-0.1, -0.05) is 13.8 Å². The Morgan fingerprint density at radius 3 is 2.88 bits per heavy atom. The average molecular weight is 223 g/mol. The lowest BCUT2D eigenvalue weighted by molar-refractivity contribution is 0.160. The van der Waals surface area contributed by atoms with Gasteiger partial charge >= 0.3 is 0 Å². The van der Waals surface area contributed by atoms with E-state index in [1.54, 1.807) is 6.20 Å². The molecule has 0 radical (unpaired) electrons. The van der Waals surface area contributed by atoms with Crippen LogP contribution in [-0.2, 0) is 6.42 Å². The van der Waals surface area contributed by atoms with Gasteiger partial charge in [0, 0.05) is 6.20 Å². The van der Waals surface area contributed by atoms with Crippen molar-refractivity contribution in [3.63, 3.8) is 0 Å². The fourth-order valence-electron chi connectivity index (χ4n) is 1.44. The van der Waals surface area contributed by atoms with E-state index in [1.165, 1.54) is 0 Å². The first kappa shape index (κ1) is 13.0. The van der Waals surface area contributed by atoms with Crippen molar-refractivity contribution in [3.8, 4) is 5.75 Å². The van der Waals surface area contributed by atoms with E-state index >= 15 is 0 Å². The summed E-state index contributed by atoms with van der Waals surface area (Å²) in [6.07, 6.45) is 6.80. The number of aryl methyl sites for hydroxylation is 1. The highest BCUT2D eigenvalue weighted by Crippen LogP contribution is 2.14. The minimum absolute atomic E-state index is 0.208. The molecule has 1 rings (SSSR count). The fourth-order valence-corrected chi connectivity index (χ4v) is 1.44. The maximum Gasteiger partial charge on any atom is 0.137 e. The second kappa shape index (κ2) is 7.23. The van der Waals surface area contributed by atoms with E-state index in [4.69, 9.17) is 4.74 Å². The van der Waals surface area contributed by atoms with Crippen LogP contribution in [0.2, 0.25) is 0 Å². The van der Waals surface area contributed by atoms with Crippen molar-refractivity contribution in [1.29, 1.82) is 0 Å². The zero-order valence-corrected chi connectivity index (χ0v) is 10.1. The lowest BCUT2D eigenvalue weighted by Crippen LogP contribution is -2.06. The number of pyridine rings is 1. The van der Waals surface area contributed by atoms with Crippen LogP contribution in [0, 0.1) is 0 Å². The molecule has 16 heavy (non-hydrogen) atoms. The highest BCUT2D eigenvalue weighted by molar-refractivity contribution is 5.23. The second-order valence-corrected chi connectivity index (χ2v) is 3.98. The molecule has 1 atom stereocenters. The number of aliphatic hydroxyl groups excluding tert-OH is 1. The van der Waals surface area contributed by atoms with Gasteiger partial charge in [0.25, 0.3) is 0 Å². The van der Waals surface area contributed by atoms with Crippen LogP contribution < -0.4 is 4.74 Å². The monoisotopic (exact) mass is 223 g/mol. The van der Waals surface area contributed by atoms with Gasteiger partial charge in [-0.25, -0.2) is 0 Å². The Morgan fingerprint density at radius 2 is 2.19 bits per heavy atom. The molecule has 3 heteroatoms. The van der Waals surface area contributed by atoms with Crippen LogP contribution in [0.1, 0.15) is 38.7 Å². The molecule has 90 valence electrons. The van der Waals surface area contributed by atoms with Crippen LogP contribution in [0.4, 0.5) is 0 Å². The second-order valence-electron chi connectivity index (χ2n) is 3.98. The molecule has 1 aromatic rings. The van der Waals surface area contributed by atoms with Crippen molar-refractivity contribution >= 4 is 0 Å². The van der Waals surface area contributed by atoms with Gasteiger partial charge in [0.2, 0.25) is 0 Å². The first-order valence-corrected chi connectivity index (χ1v) is 6.01. The van der Waals surface area contributed by atoms with Gasteiger partial charge in [0.05, 0.1) is 18.9 Å². The first-order chi connectivity index (χ1) is 7.76. The molecule has 0 bridgehead atoms. The molecule has 1 aromatic heterocycles. The number of ether oxygens (including phenoxy) is 1. The van der Waals surface area contributed by atoms with Gasteiger partial charge in [0.15, 0.2) is 0 Å². The van der Waals surface area contributed by atoms with Crippen molar-refractivity contribution < 1.29 is 9.84 Å². The Kier molecular flexibility index (Phi) is 5.86. The van der Waals surface area contributed by atoms with E-state index in [9.17, 15) is 5.11 Å². The SMILES string of the molecule is CCCOc1cncc(CCC(O)CC)c1. The summed E-state index contributed by atoms with van der Waals surface area (Å²) in [6, 6.07) is 2.00. The number of rotatable bonds is 7. The minimum atomic E-state index is -0.208. The van der Waals surface area contributed by atoms with Crippen LogP contribution in [0.25, 0.3) is 0 Å². The molecule has 1 unspecified atom stereocenters. The Labute approximate surface area is 97.5 Å². The highest BCUT2D eigenvalue weighted by atomic mass is 16.5. The summed E-state index contributed by atoms with van der Waals surface area (Å²) in [7, 11) is 0. The lowest BCUT2D eigenvalue weighted by Gasteiger charge is -2.08. The Morgan fingerprint density at radius 1 is 1.38 bits per heavy atom. The maximum absolute atomic E-state index is 9.48. The molecule has 0 spiro atoms. The zero-order valence-electron chi connectivity index (χ0n) is 10.1. The van der Waals surface area contributed by atoms with Gasteiger partial charge in [-0.05, 0) is 37.3 Å². The molecule has 1 heterocycles. The number of hydrogen-bond acceptors (Lipinski definition) is 3. The molecule has 0 fully saturated rings. The largest absolute Gasteiger partial charge is 0.492 e. The van der Waals surface area contributed by atoms with Gasteiger partial charge in [-0.3, -0.25) is 4.98 Å². The van der Waals surface area contributed by atoms with Gasteiger partial charge < -0.3 is 9.84 Å². The zero-order chi connectivity index (χ0) is 11.8. The van der Waals surface area contributed by atoms with Crippen LogP contribution >= 0.6 is 0 Å². The number of nitrogens with zero attached hydrogens (tertiary/aromatic N) is 1. The van der Waals surface area contributed by atoms with Gasteiger partial charge in [0.1, 0.15) is 5.75 Å². The van der Waals surface area contributed by atoms with E-state index in [-0.39, 0.29) is 6.10 Å². The molecule has 0 amide bonds. The third kappa shape index (κ3) is 4.62. The van der Waals surface area contributed by atoms with Crippen molar-refractivity contribution in [2.24, 2.45) is 0 Å². The number of aliphatic hydroxyl groups is 1. The third-order valence-electron chi connectivity index (χ3n) is 2.48. The van der Waals surface area contributed by atoms with E-state index < -0.39 is 0 Å². The average Bonchev–Trinajstić information content (AvgIpc) is 2.34. The van der Waals surface area contributed by atoms with Crippen molar-refractivity contribution in [1.82, 2.24) is 4.98 Å². The van der Waals surface area contributed by atoms with E-state index in [0.29, 0.717) is 0 Å². The van der Waals surface area contributed by atoms with E-state index in [2.05, 4.69) is 11.9 Å². The predicted molar refractivity (Wildman–Crippen MR) is 64.6 cm³/mol. The molecule has 0 aliphatic carbocycles. The van der Waals surface area contributed by atoms with Gasteiger partial charge in [-0.2, -0.15) is 0 Å². The number of aromatic nitrogens is 1. The molecule has 0 aliphatic rings. The van der Waals surface area contributed by atoms with Crippen molar-refractivity contribution in [2.45, 2.75) is 45.6 Å². The van der Waals surface area contributed by atoms with Crippen LogP contribution in [0.15, 0.2) is 18.5 Å². The predicted octanol–water partition coefficient (Wildman–Crippen LogP) is 2.57. The summed E-state index contributed by atoms with van der Waals surface area (Å²) in [5.74, 6) is 0.824. The Hall–Kier alpha value is -1.09. The van der Waals surface area contributed by atoms with Crippen LogP contribution in [0.5, 0.6) is 5.75 Å². The molecule has 1 N–H and O–H groups in total. The molecule has 3 nitrogen and oxygen atoms in total. The molecule has 0 saturated carbocycles. The summed E-state index contributed by atoms with van der Waals surface area (Å²) >= 11 is 0. The van der Waals surface area contributed by atoms with E-state index in [1.807, 2.05) is 19.2 Å². The number of hydrogen-bond donors (Lipinski definition) is 1. The fraction of sp³-hybridized carbons (Fsp3) is 0.615. The summed E-state index contributed by atoms with van der Waals surface area (Å²) in [4.78, 5) is 4.13. The molecule has 0 aromatic carbocycles.